The maximum atomic E-state index is 12.8. The van der Waals surface area contributed by atoms with Crippen LogP contribution in [0, 0.1) is 0 Å². The van der Waals surface area contributed by atoms with Crippen LogP contribution in [0.25, 0.3) is 0 Å². The van der Waals surface area contributed by atoms with Gasteiger partial charge in [-0.1, -0.05) is 6.42 Å². The minimum absolute atomic E-state index is 0.0135. The Morgan fingerprint density at radius 2 is 1.75 bits per heavy atom. The van der Waals surface area contributed by atoms with E-state index in [4.69, 9.17) is 17.2 Å². The highest BCUT2D eigenvalue weighted by molar-refractivity contribution is 5.89. The van der Waals surface area contributed by atoms with Gasteiger partial charge in [0.05, 0.1) is 6.04 Å². The lowest BCUT2D eigenvalue weighted by molar-refractivity contribution is -0.137. The summed E-state index contributed by atoms with van der Waals surface area (Å²) >= 11 is 0. The van der Waals surface area contributed by atoms with E-state index in [0.29, 0.717) is 25.9 Å². The van der Waals surface area contributed by atoms with E-state index in [9.17, 15) is 9.59 Å². The van der Waals surface area contributed by atoms with Crippen LogP contribution in [0.1, 0.15) is 58.3 Å². The Balaban J connectivity index is 2.60. The van der Waals surface area contributed by atoms with Crippen molar-refractivity contribution in [1.29, 1.82) is 0 Å². The minimum Gasteiger partial charge on any atom is -0.343 e. The Bertz CT molecular complexity index is 391. The summed E-state index contributed by atoms with van der Waals surface area (Å²) in [6.07, 6.45) is 6.58. The average molecular weight is 342 g/mol. The number of nitrogens with zero attached hydrogens (tertiary/aromatic N) is 1. The van der Waals surface area contributed by atoms with Crippen LogP contribution in [0.5, 0.6) is 0 Å². The average Bonchev–Trinajstić information content (AvgIpc) is 2.99. The monoisotopic (exact) mass is 341 g/mol. The first-order chi connectivity index (χ1) is 11.5. The van der Waals surface area contributed by atoms with Crippen LogP contribution in [-0.2, 0) is 9.59 Å². The Hall–Kier alpha value is -1.18. The van der Waals surface area contributed by atoms with E-state index >= 15 is 0 Å². The molecule has 0 bridgehead atoms. The van der Waals surface area contributed by atoms with Gasteiger partial charge in [0.2, 0.25) is 11.8 Å². The molecule has 7 N–H and O–H groups in total. The number of unbranched alkanes of at least 4 members (excludes halogenated alkanes) is 2. The maximum Gasteiger partial charge on any atom is 0.245 e. The molecule has 1 fully saturated rings. The first-order valence-electron chi connectivity index (χ1n) is 9.27. The van der Waals surface area contributed by atoms with Crippen LogP contribution in [0.2, 0.25) is 0 Å². The van der Waals surface area contributed by atoms with E-state index in [-0.39, 0.29) is 17.9 Å². The zero-order valence-corrected chi connectivity index (χ0v) is 15.0. The Morgan fingerprint density at radius 1 is 1.12 bits per heavy atom. The lowest BCUT2D eigenvalue weighted by Gasteiger charge is -2.28. The lowest BCUT2D eigenvalue weighted by Crippen LogP contribution is -2.53. The van der Waals surface area contributed by atoms with Crippen molar-refractivity contribution in [2.45, 2.75) is 76.4 Å². The van der Waals surface area contributed by atoms with Gasteiger partial charge in [0.15, 0.2) is 0 Å². The number of nitrogens with two attached hydrogens (primary N) is 3. The molecule has 1 aliphatic rings. The fourth-order valence-electron chi connectivity index (χ4n) is 3.13. The first-order valence-corrected chi connectivity index (χ1v) is 9.27. The summed E-state index contributed by atoms with van der Waals surface area (Å²) in [6, 6.07) is -0.841. The smallest absolute Gasteiger partial charge is 0.245 e. The molecule has 3 unspecified atom stereocenters. The molecule has 0 spiro atoms. The molecule has 24 heavy (non-hydrogen) atoms. The second-order valence-corrected chi connectivity index (χ2v) is 6.76. The molecule has 0 aromatic rings. The fourth-order valence-corrected chi connectivity index (χ4v) is 3.13. The number of amides is 2. The summed E-state index contributed by atoms with van der Waals surface area (Å²) in [5.41, 5.74) is 16.9. The Kier molecular flexibility index (Phi) is 9.90. The molecule has 1 saturated heterocycles. The normalized spacial score (nSPS) is 20.0. The molecule has 2 amide bonds. The van der Waals surface area contributed by atoms with Gasteiger partial charge in [0.1, 0.15) is 6.04 Å². The second kappa shape index (κ2) is 11.4. The zero-order chi connectivity index (χ0) is 17.9. The highest BCUT2D eigenvalue weighted by Crippen LogP contribution is 2.19. The van der Waals surface area contributed by atoms with Crippen molar-refractivity contribution in [3.05, 3.63) is 0 Å². The summed E-state index contributed by atoms with van der Waals surface area (Å²) in [5.74, 6) is -0.232. The standard InChI is InChI=1S/C17H35N5O2/c1-13-7-6-12-22(13)17(24)15(9-3-5-11-19)21-16(23)14(20)8-2-4-10-18/h13-15H,2-12,18-20H2,1H3,(H,21,23). The van der Waals surface area contributed by atoms with Crippen LogP contribution in [0.15, 0.2) is 0 Å². The Morgan fingerprint density at radius 3 is 2.29 bits per heavy atom. The predicted octanol–water partition coefficient (Wildman–Crippen LogP) is 0.0674. The van der Waals surface area contributed by atoms with E-state index in [1.54, 1.807) is 0 Å². The van der Waals surface area contributed by atoms with Gasteiger partial charge in [-0.3, -0.25) is 9.59 Å². The third-order valence-corrected chi connectivity index (χ3v) is 4.70. The van der Waals surface area contributed by atoms with Gasteiger partial charge in [-0.2, -0.15) is 0 Å². The van der Waals surface area contributed by atoms with E-state index in [0.717, 1.165) is 45.1 Å². The van der Waals surface area contributed by atoms with Crippen molar-refractivity contribution in [3.8, 4) is 0 Å². The summed E-state index contributed by atoms with van der Waals surface area (Å²) in [7, 11) is 0. The number of likely N-dealkylation sites (tertiary alicyclic amines) is 1. The predicted molar refractivity (Wildman–Crippen MR) is 96.1 cm³/mol. The third-order valence-electron chi connectivity index (χ3n) is 4.70. The van der Waals surface area contributed by atoms with Crippen molar-refractivity contribution < 1.29 is 9.59 Å². The summed E-state index contributed by atoms with van der Waals surface area (Å²) in [4.78, 5) is 27.0. The quantitative estimate of drug-likeness (QED) is 0.395. The number of hydrogen-bond donors (Lipinski definition) is 4. The zero-order valence-electron chi connectivity index (χ0n) is 15.0. The number of hydrogen-bond acceptors (Lipinski definition) is 5. The maximum absolute atomic E-state index is 12.8. The van der Waals surface area contributed by atoms with Crippen molar-refractivity contribution in [2.75, 3.05) is 19.6 Å². The van der Waals surface area contributed by atoms with Crippen LogP contribution in [-0.4, -0.2) is 54.5 Å². The largest absolute Gasteiger partial charge is 0.343 e. The molecule has 3 atom stereocenters. The van der Waals surface area contributed by atoms with Crippen LogP contribution < -0.4 is 22.5 Å². The number of nitrogens with one attached hydrogen (secondary N) is 1. The highest BCUT2D eigenvalue weighted by Gasteiger charge is 2.32. The molecule has 0 aliphatic carbocycles. The van der Waals surface area contributed by atoms with Gasteiger partial charge in [-0.05, 0) is 65.0 Å². The molecule has 0 aromatic heterocycles. The van der Waals surface area contributed by atoms with Crippen molar-refractivity contribution >= 4 is 11.8 Å². The SMILES string of the molecule is CC1CCCN1C(=O)C(CCCCN)NC(=O)C(N)CCCCN. The molecule has 7 nitrogen and oxygen atoms in total. The van der Waals surface area contributed by atoms with E-state index in [1.165, 1.54) is 0 Å². The molecule has 0 radical (unpaired) electrons. The van der Waals surface area contributed by atoms with Gasteiger partial charge in [-0.25, -0.2) is 0 Å². The molecular formula is C17H35N5O2. The van der Waals surface area contributed by atoms with E-state index in [1.807, 2.05) is 4.90 Å². The number of carbonyl (C=O) groups is 2. The molecule has 0 aromatic carbocycles. The van der Waals surface area contributed by atoms with Gasteiger partial charge < -0.3 is 27.4 Å². The minimum atomic E-state index is -0.586. The van der Waals surface area contributed by atoms with Crippen molar-refractivity contribution in [3.63, 3.8) is 0 Å². The van der Waals surface area contributed by atoms with Gasteiger partial charge >= 0.3 is 0 Å². The topological polar surface area (TPSA) is 127 Å². The summed E-state index contributed by atoms with van der Waals surface area (Å²) < 4.78 is 0. The highest BCUT2D eigenvalue weighted by atomic mass is 16.2. The fraction of sp³-hybridized carbons (Fsp3) is 0.882. The van der Waals surface area contributed by atoms with Crippen LogP contribution in [0.4, 0.5) is 0 Å². The molecule has 1 aliphatic heterocycles. The molecule has 140 valence electrons. The van der Waals surface area contributed by atoms with E-state index in [2.05, 4.69) is 12.2 Å². The molecule has 0 saturated carbocycles. The molecular weight excluding hydrogens is 306 g/mol. The summed E-state index contributed by atoms with van der Waals surface area (Å²) in [6.45, 7) is 4.02. The molecule has 1 rings (SSSR count). The lowest BCUT2D eigenvalue weighted by atomic mass is 10.1. The van der Waals surface area contributed by atoms with Gasteiger partial charge in [0.25, 0.3) is 0 Å². The van der Waals surface area contributed by atoms with Crippen LogP contribution in [0.3, 0.4) is 0 Å². The number of carbonyl (C=O) groups excluding carboxylic acids is 2. The number of rotatable bonds is 11. The Labute approximate surface area is 145 Å². The van der Waals surface area contributed by atoms with Gasteiger partial charge in [0, 0.05) is 12.6 Å². The molecule has 1 heterocycles. The molecule has 7 heteroatoms. The first kappa shape index (κ1) is 20.9. The van der Waals surface area contributed by atoms with Crippen molar-refractivity contribution in [2.24, 2.45) is 17.2 Å². The second-order valence-electron chi connectivity index (χ2n) is 6.76. The summed E-state index contributed by atoms with van der Waals surface area (Å²) in [5, 5.41) is 2.87. The van der Waals surface area contributed by atoms with Crippen LogP contribution >= 0.6 is 0 Å². The third kappa shape index (κ3) is 6.75. The van der Waals surface area contributed by atoms with Gasteiger partial charge in [-0.15, -0.1) is 0 Å². The van der Waals surface area contributed by atoms with E-state index < -0.39 is 12.1 Å². The van der Waals surface area contributed by atoms with Crippen molar-refractivity contribution in [1.82, 2.24) is 10.2 Å².